The third kappa shape index (κ3) is 7.21. The average molecular weight is 431 g/mol. The summed E-state index contributed by atoms with van der Waals surface area (Å²) >= 11 is 2.49. The molecule has 0 spiro atoms. The molecule has 3 aromatic carbocycles. The van der Waals surface area contributed by atoms with Crippen molar-refractivity contribution in [1.82, 2.24) is 0 Å². The van der Waals surface area contributed by atoms with Crippen molar-refractivity contribution in [1.29, 1.82) is 0 Å². The first-order chi connectivity index (χ1) is 14.5. The molecule has 0 fully saturated rings. The van der Waals surface area contributed by atoms with Crippen LogP contribution in [0.2, 0.25) is 0 Å². The van der Waals surface area contributed by atoms with Crippen LogP contribution in [0.5, 0.6) is 0 Å². The second kappa shape index (κ2) is 10.8. The minimum Gasteiger partial charge on any atom is -0.287 e. The summed E-state index contributed by atoms with van der Waals surface area (Å²) in [5.74, 6) is 0. The highest BCUT2D eigenvalue weighted by Crippen LogP contribution is 2.21. The van der Waals surface area contributed by atoms with Crippen LogP contribution in [0.4, 0.5) is 0 Å². The maximum atomic E-state index is 11.1. The number of hydrogen-bond acceptors (Lipinski definition) is 4. The van der Waals surface area contributed by atoms with E-state index in [9.17, 15) is 9.59 Å². The SMILES string of the molecule is CC(=O)Sc1ccc(C=Cc2ccc(C=Cc3ccc(SC(C)=O)cc3)cc2)cc1. The van der Waals surface area contributed by atoms with Crippen molar-refractivity contribution >= 4 is 58.1 Å². The van der Waals surface area contributed by atoms with Gasteiger partial charge in [-0.15, -0.1) is 0 Å². The lowest BCUT2D eigenvalue weighted by Crippen LogP contribution is -1.81. The molecule has 0 atom stereocenters. The Morgan fingerprint density at radius 3 is 0.967 bits per heavy atom. The van der Waals surface area contributed by atoms with Crippen molar-refractivity contribution in [3.63, 3.8) is 0 Å². The van der Waals surface area contributed by atoms with E-state index in [4.69, 9.17) is 0 Å². The van der Waals surface area contributed by atoms with E-state index in [2.05, 4.69) is 48.6 Å². The van der Waals surface area contributed by atoms with Gasteiger partial charge in [-0.05, 0) is 46.5 Å². The predicted octanol–water partition coefficient (Wildman–Crippen LogP) is 7.30. The molecular weight excluding hydrogens is 408 g/mol. The van der Waals surface area contributed by atoms with Gasteiger partial charge in [0.25, 0.3) is 0 Å². The Bertz CT molecular complexity index is 973. The maximum absolute atomic E-state index is 11.1. The summed E-state index contributed by atoms with van der Waals surface area (Å²) < 4.78 is 0. The Balaban J connectivity index is 1.59. The molecule has 0 aromatic heterocycles. The van der Waals surface area contributed by atoms with Crippen LogP contribution in [0.1, 0.15) is 36.1 Å². The normalized spacial score (nSPS) is 11.3. The van der Waals surface area contributed by atoms with Gasteiger partial charge in [0.15, 0.2) is 10.2 Å². The van der Waals surface area contributed by atoms with Crippen LogP contribution in [-0.2, 0) is 9.59 Å². The van der Waals surface area contributed by atoms with E-state index in [1.54, 1.807) is 13.8 Å². The van der Waals surface area contributed by atoms with Crippen molar-refractivity contribution in [2.24, 2.45) is 0 Å². The van der Waals surface area contributed by atoms with Gasteiger partial charge >= 0.3 is 0 Å². The zero-order chi connectivity index (χ0) is 21.3. The third-order valence-electron chi connectivity index (χ3n) is 4.16. The second-order valence-corrected chi connectivity index (χ2v) is 9.16. The fraction of sp³-hybridized carbons (Fsp3) is 0.0769. The third-order valence-corrected chi connectivity index (χ3v) is 5.75. The highest BCUT2D eigenvalue weighted by molar-refractivity contribution is 8.13. The van der Waals surface area contributed by atoms with Crippen molar-refractivity contribution < 1.29 is 9.59 Å². The summed E-state index contributed by atoms with van der Waals surface area (Å²) in [4.78, 5) is 24.2. The van der Waals surface area contributed by atoms with E-state index in [1.165, 1.54) is 23.5 Å². The molecule has 0 aliphatic rings. The summed E-state index contributed by atoms with van der Waals surface area (Å²) in [5, 5.41) is 0.188. The van der Waals surface area contributed by atoms with Crippen LogP contribution >= 0.6 is 23.5 Å². The molecule has 30 heavy (non-hydrogen) atoms. The molecule has 3 aromatic rings. The van der Waals surface area contributed by atoms with Crippen LogP contribution in [0.15, 0.2) is 82.6 Å². The summed E-state index contributed by atoms with van der Waals surface area (Å²) in [6, 6.07) is 24.2. The van der Waals surface area contributed by atoms with Gasteiger partial charge in [-0.1, -0.05) is 96.4 Å². The fourth-order valence-electron chi connectivity index (χ4n) is 2.73. The zero-order valence-corrected chi connectivity index (χ0v) is 18.5. The first-order valence-corrected chi connectivity index (χ1v) is 11.1. The van der Waals surface area contributed by atoms with Gasteiger partial charge in [-0.3, -0.25) is 9.59 Å². The number of carbonyl (C=O) groups is 2. The topological polar surface area (TPSA) is 34.1 Å². The van der Waals surface area contributed by atoms with Crippen LogP contribution in [0.25, 0.3) is 24.3 Å². The minimum atomic E-state index is 0.0939. The minimum absolute atomic E-state index is 0.0939. The summed E-state index contributed by atoms with van der Waals surface area (Å²) in [6.07, 6.45) is 8.28. The van der Waals surface area contributed by atoms with Crippen molar-refractivity contribution in [2.45, 2.75) is 23.6 Å². The van der Waals surface area contributed by atoms with Gasteiger partial charge in [0.05, 0.1) is 0 Å². The Hall–Kier alpha value is -2.82. The Labute approximate surface area is 186 Å². The molecular formula is C26H22O2S2. The molecule has 0 saturated heterocycles. The average Bonchev–Trinajstić information content (AvgIpc) is 2.73. The molecule has 0 aliphatic heterocycles. The molecule has 0 aliphatic carbocycles. The monoisotopic (exact) mass is 430 g/mol. The first kappa shape index (κ1) is 21.9. The van der Waals surface area contributed by atoms with Crippen LogP contribution < -0.4 is 0 Å². The van der Waals surface area contributed by atoms with Gasteiger partial charge in [-0.25, -0.2) is 0 Å². The highest BCUT2D eigenvalue weighted by atomic mass is 32.2. The molecule has 0 N–H and O–H groups in total. The van der Waals surface area contributed by atoms with Gasteiger partial charge < -0.3 is 0 Å². The number of benzene rings is 3. The Morgan fingerprint density at radius 1 is 0.500 bits per heavy atom. The van der Waals surface area contributed by atoms with Crippen molar-refractivity contribution in [3.8, 4) is 0 Å². The highest BCUT2D eigenvalue weighted by Gasteiger charge is 1.99. The molecule has 0 amide bonds. The standard InChI is InChI=1S/C26H22O2S2/c1-19(27)29-25-15-11-23(12-16-25)9-7-21-3-5-22(6-4-21)8-10-24-13-17-26(18-14-24)30-20(2)28/h3-18H,1-2H3. The molecule has 0 saturated carbocycles. The van der Waals surface area contributed by atoms with E-state index in [0.717, 1.165) is 32.0 Å². The summed E-state index contributed by atoms with van der Waals surface area (Å²) in [5.41, 5.74) is 4.44. The lowest BCUT2D eigenvalue weighted by atomic mass is 10.1. The second-order valence-electron chi connectivity index (χ2n) is 6.66. The van der Waals surface area contributed by atoms with Crippen LogP contribution in [0, 0.1) is 0 Å². The number of rotatable bonds is 6. The van der Waals surface area contributed by atoms with Crippen molar-refractivity contribution in [3.05, 3.63) is 95.1 Å². The number of thioether (sulfide) groups is 2. The quantitative estimate of drug-likeness (QED) is 0.303. The lowest BCUT2D eigenvalue weighted by molar-refractivity contribution is -0.109. The Morgan fingerprint density at radius 2 is 0.733 bits per heavy atom. The van der Waals surface area contributed by atoms with E-state index in [1.807, 2.05) is 48.5 Å². The molecule has 3 rings (SSSR count). The molecule has 2 nitrogen and oxygen atoms in total. The smallest absolute Gasteiger partial charge is 0.190 e. The van der Waals surface area contributed by atoms with Gasteiger partial charge in [0.1, 0.15) is 0 Å². The lowest BCUT2D eigenvalue weighted by Gasteiger charge is -2.00. The molecule has 0 heterocycles. The zero-order valence-electron chi connectivity index (χ0n) is 16.9. The van der Waals surface area contributed by atoms with Crippen molar-refractivity contribution in [2.75, 3.05) is 0 Å². The maximum Gasteiger partial charge on any atom is 0.190 e. The number of hydrogen-bond donors (Lipinski definition) is 0. The van der Waals surface area contributed by atoms with Gasteiger partial charge in [-0.2, -0.15) is 0 Å². The summed E-state index contributed by atoms with van der Waals surface area (Å²) in [7, 11) is 0. The predicted molar refractivity (Wildman–Crippen MR) is 130 cm³/mol. The van der Waals surface area contributed by atoms with Gasteiger partial charge in [0.2, 0.25) is 0 Å². The number of carbonyl (C=O) groups excluding carboxylic acids is 2. The first-order valence-electron chi connectivity index (χ1n) is 9.51. The van der Waals surface area contributed by atoms with Gasteiger partial charge in [0, 0.05) is 23.6 Å². The molecule has 0 unspecified atom stereocenters. The Kier molecular flexibility index (Phi) is 7.89. The van der Waals surface area contributed by atoms with E-state index in [0.29, 0.717) is 0 Å². The van der Waals surface area contributed by atoms with Crippen LogP contribution in [0.3, 0.4) is 0 Å². The molecule has 0 radical (unpaired) electrons. The molecule has 150 valence electrons. The van der Waals surface area contributed by atoms with Crippen LogP contribution in [-0.4, -0.2) is 10.2 Å². The van der Waals surface area contributed by atoms with E-state index < -0.39 is 0 Å². The molecule has 0 bridgehead atoms. The molecule has 4 heteroatoms. The van der Waals surface area contributed by atoms with E-state index >= 15 is 0 Å². The largest absolute Gasteiger partial charge is 0.287 e. The fourth-order valence-corrected chi connectivity index (χ4v) is 3.94. The van der Waals surface area contributed by atoms with E-state index in [-0.39, 0.29) is 10.2 Å². The summed E-state index contributed by atoms with van der Waals surface area (Å²) in [6.45, 7) is 3.14.